The van der Waals surface area contributed by atoms with Gasteiger partial charge in [-0.2, -0.15) is 0 Å². The van der Waals surface area contributed by atoms with E-state index >= 15 is 0 Å². The van der Waals surface area contributed by atoms with Crippen molar-refractivity contribution in [2.45, 2.75) is 44.6 Å². The van der Waals surface area contributed by atoms with Crippen LogP contribution in [0.3, 0.4) is 0 Å². The molecule has 4 heteroatoms. The lowest BCUT2D eigenvalue weighted by atomic mass is 9.75. The molecule has 0 aliphatic heterocycles. The fourth-order valence-electron chi connectivity index (χ4n) is 2.16. The second-order valence-corrected chi connectivity index (χ2v) is 4.02. The lowest BCUT2D eigenvalue weighted by molar-refractivity contribution is -0.149. The van der Waals surface area contributed by atoms with Crippen molar-refractivity contribution in [3.05, 3.63) is 0 Å². The van der Waals surface area contributed by atoms with Crippen LogP contribution in [0.1, 0.15) is 39.0 Å². The van der Waals surface area contributed by atoms with Gasteiger partial charge in [0.1, 0.15) is 5.54 Å². The number of nitrogens with two attached hydrogens (primary N) is 1. The first kappa shape index (κ1) is 13.7. The molecule has 1 rings (SSSR count). The highest BCUT2D eigenvalue weighted by Gasteiger charge is 2.39. The Balaban J connectivity index is 0.00000169. The van der Waals surface area contributed by atoms with Gasteiger partial charge in [0.15, 0.2) is 0 Å². The highest BCUT2D eigenvalue weighted by atomic mass is 35.5. The molecule has 0 aromatic heterocycles. The number of methoxy groups -OCH3 is 1. The summed E-state index contributed by atoms with van der Waals surface area (Å²) in [5.41, 5.74) is 5.30. The van der Waals surface area contributed by atoms with Gasteiger partial charge in [0.2, 0.25) is 0 Å². The van der Waals surface area contributed by atoms with E-state index in [-0.39, 0.29) is 18.4 Å². The number of ether oxygens (including phenoxy) is 1. The van der Waals surface area contributed by atoms with Gasteiger partial charge in [0.05, 0.1) is 7.11 Å². The predicted molar refractivity (Wildman–Crippen MR) is 58.4 cm³/mol. The number of hydrogen-bond donors (Lipinski definition) is 1. The summed E-state index contributed by atoms with van der Waals surface area (Å²) >= 11 is 0. The summed E-state index contributed by atoms with van der Waals surface area (Å²) in [6, 6.07) is 0. The first-order valence-electron chi connectivity index (χ1n) is 4.99. The third-order valence-corrected chi connectivity index (χ3v) is 3.06. The molecule has 0 aromatic rings. The van der Waals surface area contributed by atoms with Crippen molar-refractivity contribution in [2.24, 2.45) is 11.7 Å². The Morgan fingerprint density at radius 2 is 2.29 bits per heavy atom. The van der Waals surface area contributed by atoms with Crippen LogP contribution in [-0.4, -0.2) is 18.6 Å². The third-order valence-electron chi connectivity index (χ3n) is 3.06. The van der Waals surface area contributed by atoms with Crippen molar-refractivity contribution in [2.75, 3.05) is 7.11 Å². The van der Waals surface area contributed by atoms with Crippen LogP contribution in [0.4, 0.5) is 0 Å². The summed E-state index contributed by atoms with van der Waals surface area (Å²) in [5.74, 6) is 0.350. The van der Waals surface area contributed by atoms with Gasteiger partial charge in [-0.15, -0.1) is 12.4 Å². The fourth-order valence-corrected chi connectivity index (χ4v) is 2.16. The fraction of sp³-hybridized carbons (Fsp3) is 0.900. The molecule has 3 nitrogen and oxygen atoms in total. The quantitative estimate of drug-likeness (QED) is 0.725. The van der Waals surface area contributed by atoms with Crippen LogP contribution in [0.2, 0.25) is 0 Å². The summed E-state index contributed by atoms with van der Waals surface area (Å²) in [6.45, 7) is 2.15. The van der Waals surface area contributed by atoms with Gasteiger partial charge in [0.25, 0.3) is 0 Å². The summed E-state index contributed by atoms with van der Waals surface area (Å²) < 4.78 is 4.72. The molecule has 0 amide bonds. The second-order valence-electron chi connectivity index (χ2n) is 4.02. The van der Waals surface area contributed by atoms with Gasteiger partial charge in [-0.05, 0) is 18.8 Å². The summed E-state index contributed by atoms with van der Waals surface area (Å²) in [7, 11) is 1.41. The second kappa shape index (κ2) is 5.56. The minimum atomic E-state index is -0.701. The first-order valence-corrected chi connectivity index (χ1v) is 4.99. The van der Waals surface area contributed by atoms with E-state index in [9.17, 15) is 4.79 Å². The molecule has 0 radical (unpaired) electrons. The normalized spacial score (nSPS) is 31.8. The predicted octanol–water partition coefficient (Wildman–Crippen LogP) is 1.88. The molecule has 0 bridgehead atoms. The summed E-state index contributed by atoms with van der Waals surface area (Å²) in [4.78, 5) is 11.4. The van der Waals surface area contributed by atoms with E-state index in [1.807, 2.05) is 0 Å². The van der Waals surface area contributed by atoms with Crippen LogP contribution < -0.4 is 5.73 Å². The highest BCUT2D eigenvalue weighted by Crippen LogP contribution is 2.33. The zero-order valence-corrected chi connectivity index (χ0v) is 9.73. The van der Waals surface area contributed by atoms with Crippen molar-refractivity contribution in [1.82, 2.24) is 0 Å². The minimum absolute atomic E-state index is 0. The van der Waals surface area contributed by atoms with Crippen molar-refractivity contribution < 1.29 is 9.53 Å². The monoisotopic (exact) mass is 221 g/mol. The standard InChI is InChI=1S/C10H19NO2.ClH/c1-3-8-5-4-6-10(11,7-8)9(12)13-2;/h8H,3-7,11H2,1-2H3;1H/t8-,10-;/m0./s1. The Morgan fingerprint density at radius 3 is 2.79 bits per heavy atom. The molecule has 0 spiro atoms. The van der Waals surface area contributed by atoms with Gasteiger partial charge in [-0.1, -0.05) is 26.2 Å². The molecule has 2 atom stereocenters. The number of rotatable bonds is 2. The van der Waals surface area contributed by atoms with Crippen molar-refractivity contribution in [1.29, 1.82) is 0 Å². The van der Waals surface area contributed by atoms with Crippen LogP contribution in [0.5, 0.6) is 0 Å². The molecule has 1 aliphatic carbocycles. The van der Waals surface area contributed by atoms with Gasteiger partial charge < -0.3 is 10.5 Å². The van der Waals surface area contributed by atoms with Crippen molar-refractivity contribution in [3.63, 3.8) is 0 Å². The van der Waals surface area contributed by atoms with E-state index in [2.05, 4.69) is 6.92 Å². The Bertz CT molecular complexity index is 199. The van der Waals surface area contributed by atoms with Gasteiger partial charge in [0, 0.05) is 0 Å². The zero-order chi connectivity index (χ0) is 9.90. The Labute approximate surface area is 91.8 Å². The molecular weight excluding hydrogens is 202 g/mol. The van der Waals surface area contributed by atoms with Gasteiger partial charge >= 0.3 is 5.97 Å². The van der Waals surface area contributed by atoms with Crippen LogP contribution in [0.25, 0.3) is 0 Å². The van der Waals surface area contributed by atoms with E-state index < -0.39 is 5.54 Å². The van der Waals surface area contributed by atoms with E-state index in [0.29, 0.717) is 5.92 Å². The topological polar surface area (TPSA) is 52.3 Å². The Hall–Kier alpha value is -0.280. The van der Waals surface area contributed by atoms with E-state index in [1.165, 1.54) is 13.5 Å². The first-order chi connectivity index (χ1) is 6.12. The number of halogens is 1. The molecule has 84 valence electrons. The maximum Gasteiger partial charge on any atom is 0.325 e. The Kier molecular flexibility index (Phi) is 5.45. The average molecular weight is 222 g/mol. The maximum absolute atomic E-state index is 11.4. The lowest BCUT2D eigenvalue weighted by Gasteiger charge is -2.35. The summed E-state index contributed by atoms with van der Waals surface area (Å²) in [5, 5.41) is 0. The molecule has 0 heterocycles. The molecule has 1 aliphatic rings. The van der Waals surface area contributed by atoms with Crippen molar-refractivity contribution in [3.8, 4) is 0 Å². The average Bonchev–Trinajstić information content (AvgIpc) is 2.16. The number of esters is 1. The van der Waals surface area contributed by atoms with Crippen LogP contribution in [0.15, 0.2) is 0 Å². The van der Waals surface area contributed by atoms with Crippen LogP contribution in [-0.2, 0) is 9.53 Å². The molecule has 0 unspecified atom stereocenters. The van der Waals surface area contributed by atoms with Gasteiger partial charge in [-0.25, -0.2) is 0 Å². The smallest absolute Gasteiger partial charge is 0.325 e. The van der Waals surface area contributed by atoms with Crippen molar-refractivity contribution >= 4 is 18.4 Å². The number of carbonyl (C=O) groups is 1. The molecule has 14 heavy (non-hydrogen) atoms. The lowest BCUT2D eigenvalue weighted by Crippen LogP contribution is -2.51. The van der Waals surface area contributed by atoms with Crippen LogP contribution >= 0.6 is 12.4 Å². The molecule has 0 aromatic carbocycles. The SMILES string of the molecule is CC[C@H]1CCC[C@@](N)(C(=O)OC)C1.Cl. The Morgan fingerprint density at radius 1 is 1.64 bits per heavy atom. The molecule has 1 saturated carbocycles. The van der Waals surface area contributed by atoms with E-state index in [0.717, 1.165) is 25.7 Å². The highest BCUT2D eigenvalue weighted by molar-refractivity contribution is 5.85. The number of hydrogen-bond acceptors (Lipinski definition) is 3. The largest absolute Gasteiger partial charge is 0.468 e. The molecule has 0 saturated heterocycles. The zero-order valence-electron chi connectivity index (χ0n) is 8.91. The molecule has 1 fully saturated rings. The minimum Gasteiger partial charge on any atom is -0.468 e. The summed E-state index contributed by atoms with van der Waals surface area (Å²) in [6.07, 6.45) is 4.92. The van der Waals surface area contributed by atoms with E-state index in [1.54, 1.807) is 0 Å². The third kappa shape index (κ3) is 2.85. The van der Waals surface area contributed by atoms with Gasteiger partial charge in [-0.3, -0.25) is 4.79 Å². The molecule has 2 N–H and O–H groups in total. The number of carbonyl (C=O) groups excluding carboxylic acids is 1. The molecular formula is C10H20ClNO2. The maximum atomic E-state index is 11.4. The van der Waals surface area contributed by atoms with E-state index in [4.69, 9.17) is 10.5 Å². The van der Waals surface area contributed by atoms with Crippen LogP contribution in [0, 0.1) is 5.92 Å².